The van der Waals surface area contributed by atoms with Crippen LogP contribution in [-0.2, 0) is 9.53 Å². The van der Waals surface area contributed by atoms with E-state index in [4.69, 9.17) is 0 Å². The maximum absolute atomic E-state index is 12.1. The summed E-state index contributed by atoms with van der Waals surface area (Å²) in [5.41, 5.74) is 0.0877. The first kappa shape index (κ1) is 16.5. The summed E-state index contributed by atoms with van der Waals surface area (Å²) in [5, 5.41) is 0. The van der Waals surface area contributed by atoms with E-state index in [1.54, 1.807) is 13.8 Å². The Morgan fingerprint density at radius 3 is 2.25 bits per heavy atom. The van der Waals surface area contributed by atoms with Crippen molar-refractivity contribution >= 4 is 5.97 Å². The molecular weight excluding hydrogens is 269 g/mol. The van der Waals surface area contributed by atoms with E-state index in [1.807, 2.05) is 37.3 Å². The third kappa shape index (κ3) is 5.23. The van der Waals surface area contributed by atoms with Crippen LogP contribution in [-0.4, -0.2) is 18.8 Å². The lowest BCUT2D eigenvalue weighted by Crippen LogP contribution is -2.31. The standard InChI is InChI=1S/C15H19F3O2/c1-11(12-7-5-4-6-8-12)9-14(2,3)13(19)20-10-15(16,17)18/h4-8,11H,9-10H2,1-3H3. The van der Waals surface area contributed by atoms with Crippen molar-refractivity contribution in [3.8, 4) is 0 Å². The predicted octanol–water partition coefficient (Wildman–Crippen LogP) is 4.31. The Morgan fingerprint density at radius 2 is 1.75 bits per heavy atom. The van der Waals surface area contributed by atoms with E-state index in [0.717, 1.165) is 5.56 Å². The molecule has 1 unspecified atom stereocenters. The molecule has 1 rings (SSSR count). The highest BCUT2D eigenvalue weighted by atomic mass is 19.4. The van der Waals surface area contributed by atoms with E-state index in [9.17, 15) is 18.0 Å². The van der Waals surface area contributed by atoms with Crippen LogP contribution in [0.25, 0.3) is 0 Å². The molecule has 0 amide bonds. The van der Waals surface area contributed by atoms with Crippen LogP contribution < -0.4 is 0 Å². The largest absolute Gasteiger partial charge is 0.456 e. The number of hydrogen-bond acceptors (Lipinski definition) is 2. The molecule has 0 fully saturated rings. The lowest BCUT2D eigenvalue weighted by Gasteiger charge is -2.26. The fourth-order valence-corrected chi connectivity index (χ4v) is 2.09. The van der Waals surface area contributed by atoms with E-state index in [-0.39, 0.29) is 5.92 Å². The Balaban J connectivity index is 2.62. The van der Waals surface area contributed by atoms with Crippen LogP contribution in [0.3, 0.4) is 0 Å². The number of ether oxygens (including phenoxy) is 1. The van der Waals surface area contributed by atoms with E-state index in [0.29, 0.717) is 6.42 Å². The lowest BCUT2D eigenvalue weighted by atomic mass is 9.81. The number of esters is 1. The Morgan fingerprint density at radius 1 is 1.20 bits per heavy atom. The molecule has 1 aromatic rings. The second-order valence-electron chi connectivity index (χ2n) is 5.59. The molecule has 0 aromatic heterocycles. The van der Waals surface area contributed by atoms with Gasteiger partial charge in [-0.1, -0.05) is 37.3 Å². The van der Waals surface area contributed by atoms with E-state index in [2.05, 4.69) is 4.74 Å². The first-order chi connectivity index (χ1) is 9.12. The molecule has 0 spiro atoms. The summed E-state index contributed by atoms with van der Waals surface area (Å²) < 4.78 is 40.5. The number of carbonyl (C=O) groups excluding carboxylic acids is 1. The molecule has 0 aliphatic carbocycles. The minimum absolute atomic E-state index is 0.0598. The maximum atomic E-state index is 12.1. The molecule has 0 N–H and O–H groups in total. The van der Waals surface area contributed by atoms with Crippen LogP contribution in [0.2, 0.25) is 0 Å². The van der Waals surface area contributed by atoms with Gasteiger partial charge in [0.2, 0.25) is 0 Å². The molecule has 2 nitrogen and oxygen atoms in total. The molecule has 5 heteroatoms. The zero-order valence-electron chi connectivity index (χ0n) is 11.8. The van der Waals surface area contributed by atoms with Gasteiger partial charge in [0, 0.05) is 0 Å². The third-order valence-corrected chi connectivity index (χ3v) is 3.10. The van der Waals surface area contributed by atoms with Crippen LogP contribution in [0, 0.1) is 5.41 Å². The van der Waals surface area contributed by atoms with Crippen molar-refractivity contribution in [1.29, 1.82) is 0 Å². The van der Waals surface area contributed by atoms with Gasteiger partial charge in [0.05, 0.1) is 5.41 Å². The summed E-state index contributed by atoms with van der Waals surface area (Å²) in [4.78, 5) is 11.8. The number of carbonyl (C=O) groups is 1. The molecule has 1 atom stereocenters. The zero-order valence-corrected chi connectivity index (χ0v) is 11.8. The van der Waals surface area contributed by atoms with Gasteiger partial charge in [0.25, 0.3) is 0 Å². The number of hydrogen-bond donors (Lipinski definition) is 0. The lowest BCUT2D eigenvalue weighted by molar-refractivity contribution is -0.192. The smallest absolute Gasteiger partial charge is 0.422 e. The molecule has 0 heterocycles. The average Bonchev–Trinajstić information content (AvgIpc) is 2.35. The second-order valence-corrected chi connectivity index (χ2v) is 5.59. The number of benzene rings is 1. The minimum Gasteiger partial charge on any atom is -0.456 e. The Kier molecular flexibility index (Phi) is 5.20. The number of rotatable bonds is 5. The topological polar surface area (TPSA) is 26.3 Å². The first-order valence-corrected chi connectivity index (χ1v) is 6.41. The van der Waals surface area contributed by atoms with Gasteiger partial charge >= 0.3 is 12.1 Å². The van der Waals surface area contributed by atoms with Crippen molar-refractivity contribution in [3.63, 3.8) is 0 Å². The summed E-state index contributed by atoms with van der Waals surface area (Å²) >= 11 is 0. The summed E-state index contributed by atoms with van der Waals surface area (Å²) in [6.45, 7) is 3.61. The van der Waals surface area contributed by atoms with Crippen molar-refractivity contribution in [2.24, 2.45) is 5.41 Å². The van der Waals surface area contributed by atoms with Gasteiger partial charge in [-0.15, -0.1) is 0 Å². The summed E-state index contributed by atoms with van der Waals surface area (Å²) in [5.74, 6) is -0.762. The number of halogens is 3. The van der Waals surface area contributed by atoms with Gasteiger partial charge in [-0.2, -0.15) is 13.2 Å². The van der Waals surface area contributed by atoms with Gasteiger partial charge in [0.1, 0.15) is 0 Å². The van der Waals surface area contributed by atoms with Crippen molar-refractivity contribution < 1.29 is 22.7 Å². The zero-order chi connectivity index (χ0) is 15.4. The van der Waals surface area contributed by atoms with E-state index >= 15 is 0 Å². The molecule has 0 bridgehead atoms. The van der Waals surface area contributed by atoms with Crippen LogP contribution in [0.15, 0.2) is 30.3 Å². The molecule has 112 valence electrons. The van der Waals surface area contributed by atoms with Gasteiger partial charge in [0.15, 0.2) is 6.61 Å². The molecule has 0 aliphatic rings. The number of alkyl halides is 3. The Labute approximate surface area is 116 Å². The predicted molar refractivity (Wildman–Crippen MR) is 70.3 cm³/mol. The van der Waals surface area contributed by atoms with Gasteiger partial charge in [-0.3, -0.25) is 4.79 Å². The molecule has 0 saturated carbocycles. The first-order valence-electron chi connectivity index (χ1n) is 6.41. The Bertz CT molecular complexity index is 438. The van der Waals surface area contributed by atoms with E-state index < -0.39 is 24.2 Å². The second kappa shape index (κ2) is 6.29. The highest BCUT2D eigenvalue weighted by Crippen LogP contribution is 2.33. The maximum Gasteiger partial charge on any atom is 0.422 e. The molecule has 1 aromatic carbocycles. The average molecular weight is 288 g/mol. The van der Waals surface area contributed by atoms with E-state index in [1.165, 1.54) is 0 Å². The van der Waals surface area contributed by atoms with Gasteiger partial charge in [-0.25, -0.2) is 0 Å². The highest BCUT2D eigenvalue weighted by Gasteiger charge is 2.36. The third-order valence-electron chi connectivity index (χ3n) is 3.10. The normalized spacial score (nSPS) is 13.9. The molecule has 0 radical (unpaired) electrons. The summed E-state index contributed by atoms with van der Waals surface area (Å²) in [7, 11) is 0. The van der Waals surface area contributed by atoms with Crippen LogP contribution in [0.1, 0.15) is 38.7 Å². The highest BCUT2D eigenvalue weighted by molar-refractivity contribution is 5.76. The molecule has 20 heavy (non-hydrogen) atoms. The fraction of sp³-hybridized carbons (Fsp3) is 0.533. The monoisotopic (exact) mass is 288 g/mol. The van der Waals surface area contributed by atoms with Crippen LogP contribution in [0.4, 0.5) is 13.2 Å². The summed E-state index contributed by atoms with van der Waals surface area (Å²) in [6.07, 6.45) is -4.06. The van der Waals surface area contributed by atoms with Gasteiger partial charge in [-0.05, 0) is 31.7 Å². The van der Waals surface area contributed by atoms with Crippen molar-refractivity contribution in [2.45, 2.75) is 39.3 Å². The van der Waals surface area contributed by atoms with Crippen molar-refractivity contribution in [2.75, 3.05) is 6.61 Å². The van der Waals surface area contributed by atoms with Crippen LogP contribution >= 0.6 is 0 Å². The molecule has 0 saturated heterocycles. The Hall–Kier alpha value is -1.52. The molecule has 0 aliphatic heterocycles. The fourth-order valence-electron chi connectivity index (χ4n) is 2.09. The molecular formula is C15H19F3O2. The van der Waals surface area contributed by atoms with Crippen LogP contribution in [0.5, 0.6) is 0 Å². The summed E-state index contributed by atoms with van der Waals surface area (Å²) in [6, 6.07) is 9.53. The van der Waals surface area contributed by atoms with Crippen molar-refractivity contribution in [1.82, 2.24) is 0 Å². The van der Waals surface area contributed by atoms with Gasteiger partial charge < -0.3 is 4.74 Å². The quantitative estimate of drug-likeness (QED) is 0.755. The minimum atomic E-state index is -4.49. The van der Waals surface area contributed by atoms with Crippen molar-refractivity contribution in [3.05, 3.63) is 35.9 Å². The SMILES string of the molecule is CC(CC(C)(C)C(=O)OCC(F)(F)F)c1ccccc1.